The Bertz CT molecular complexity index is 1300. The first-order valence-corrected chi connectivity index (χ1v) is 26.3. The van der Waals surface area contributed by atoms with Crippen molar-refractivity contribution in [3.05, 3.63) is 97.2 Å². The Balaban J connectivity index is 4.47. The van der Waals surface area contributed by atoms with Crippen LogP contribution >= 0.6 is 0 Å². The second kappa shape index (κ2) is 52.0. The number of esters is 3. The molecule has 0 spiro atoms. The molecule has 0 aromatic carbocycles. The van der Waals surface area contributed by atoms with Gasteiger partial charge in [0, 0.05) is 19.3 Å². The van der Waals surface area contributed by atoms with Crippen LogP contribution in [0.15, 0.2) is 97.2 Å². The molecule has 64 heavy (non-hydrogen) atoms. The summed E-state index contributed by atoms with van der Waals surface area (Å²) in [5.41, 5.74) is 0. The van der Waals surface area contributed by atoms with Crippen LogP contribution in [0.3, 0.4) is 0 Å². The maximum absolute atomic E-state index is 12.8. The molecule has 0 aliphatic heterocycles. The summed E-state index contributed by atoms with van der Waals surface area (Å²) in [6, 6.07) is 0. The Hall–Kier alpha value is -3.67. The molecule has 0 heterocycles. The molecule has 6 nitrogen and oxygen atoms in total. The highest BCUT2D eigenvalue weighted by atomic mass is 16.6. The molecule has 0 aromatic heterocycles. The number of rotatable bonds is 46. The van der Waals surface area contributed by atoms with Crippen LogP contribution in [0, 0.1) is 0 Å². The van der Waals surface area contributed by atoms with Gasteiger partial charge in [-0.3, -0.25) is 14.4 Å². The van der Waals surface area contributed by atoms with Crippen molar-refractivity contribution >= 4 is 17.9 Å². The van der Waals surface area contributed by atoms with Crippen molar-refractivity contribution in [3.8, 4) is 0 Å². The van der Waals surface area contributed by atoms with Gasteiger partial charge in [-0.2, -0.15) is 0 Å². The average molecular weight is 889 g/mol. The highest BCUT2D eigenvalue weighted by Gasteiger charge is 2.19. The quantitative estimate of drug-likeness (QED) is 0.0199. The summed E-state index contributed by atoms with van der Waals surface area (Å²) in [6.07, 6.45) is 68.2. The fourth-order valence-electron chi connectivity index (χ4n) is 6.96. The Morgan fingerprint density at radius 3 is 1.16 bits per heavy atom. The maximum Gasteiger partial charge on any atom is 0.306 e. The molecular weight excluding hydrogens is 793 g/mol. The fourth-order valence-corrected chi connectivity index (χ4v) is 6.96. The molecule has 0 saturated carbocycles. The van der Waals surface area contributed by atoms with E-state index < -0.39 is 6.10 Å². The van der Waals surface area contributed by atoms with Crippen LogP contribution in [0.25, 0.3) is 0 Å². The minimum absolute atomic E-state index is 0.100. The van der Waals surface area contributed by atoms with Gasteiger partial charge in [-0.1, -0.05) is 208 Å². The number of carbonyl (C=O) groups is 3. The minimum Gasteiger partial charge on any atom is -0.462 e. The zero-order chi connectivity index (χ0) is 46.5. The van der Waals surface area contributed by atoms with Crippen molar-refractivity contribution in [2.45, 2.75) is 239 Å². The molecule has 0 amide bonds. The van der Waals surface area contributed by atoms with E-state index in [2.05, 4.69) is 118 Å². The van der Waals surface area contributed by atoms with Crippen molar-refractivity contribution in [2.75, 3.05) is 13.2 Å². The molecule has 0 N–H and O–H groups in total. The molecule has 0 aliphatic rings. The number of hydrogen-bond acceptors (Lipinski definition) is 6. The van der Waals surface area contributed by atoms with E-state index >= 15 is 0 Å². The largest absolute Gasteiger partial charge is 0.462 e. The van der Waals surface area contributed by atoms with Crippen LogP contribution in [-0.2, 0) is 28.6 Å². The Kier molecular flexibility index (Phi) is 49.0. The van der Waals surface area contributed by atoms with Gasteiger partial charge >= 0.3 is 17.9 Å². The van der Waals surface area contributed by atoms with E-state index in [1.165, 1.54) is 77.0 Å². The Labute approximate surface area is 394 Å². The Morgan fingerprint density at radius 2 is 0.688 bits per heavy atom. The van der Waals surface area contributed by atoms with E-state index in [1.54, 1.807) is 0 Å². The van der Waals surface area contributed by atoms with E-state index in [0.717, 1.165) is 116 Å². The van der Waals surface area contributed by atoms with Crippen LogP contribution in [-0.4, -0.2) is 37.2 Å². The highest BCUT2D eigenvalue weighted by molar-refractivity contribution is 5.71. The average Bonchev–Trinajstić information content (AvgIpc) is 3.29. The normalized spacial score (nSPS) is 12.9. The standard InChI is InChI=1S/C58H96O6/c1-4-7-10-13-16-19-22-25-27-29-31-33-36-39-42-45-48-51-57(60)63-54-55(53-62-56(59)50-47-44-41-38-35-32-24-21-18-15-12-9-6-3)64-58(61)52-49-46-43-40-37-34-30-28-26-23-20-17-14-11-8-5-2/h8-9,11-12,15,17-18,20-21,24-28,34,37,55H,4-7,10,13-14,16,19,22-23,29-33,35-36,38-54H2,1-3H3/b11-8+,12-9+,18-15+,20-17+,24-21+,27-25+,28-26+,37-34+. The number of hydrogen-bond donors (Lipinski definition) is 0. The first-order valence-electron chi connectivity index (χ1n) is 26.3. The summed E-state index contributed by atoms with van der Waals surface area (Å²) in [5, 5.41) is 0. The lowest BCUT2D eigenvalue weighted by molar-refractivity contribution is -0.167. The van der Waals surface area contributed by atoms with Gasteiger partial charge in [0.15, 0.2) is 6.10 Å². The predicted molar refractivity (Wildman–Crippen MR) is 274 cm³/mol. The molecule has 0 aromatic rings. The minimum atomic E-state index is -0.805. The van der Waals surface area contributed by atoms with Crippen molar-refractivity contribution in [3.63, 3.8) is 0 Å². The smallest absolute Gasteiger partial charge is 0.306 e. The molecule has 0 fully saturated rings. The van der Waals surface area contributed by atoms with Gasteiger partial charge in [-0.05, 0) is 103 Å². The van der Waals surface area contributed by atoms with Crippen molar-refractivity contribution in [2.24, 2.45) is 0 Å². The summed E-state index contributed by atoms with van der Waals surface area (Å²) in [4.78, 5) is 38.0. The lowest BCUT2D eigenvalue weighted by Crippen LogP contribution is -2.30. The molecule has 1 unspecified atom stereocenters. The number of ether oxygens (including phenoxy) is 3. The first kappa shape index (κ1) is 60.3. The summed E-state index contributed by atoms with van der Waals surface area (Å²) in [5.74, 6) is -0.960. The lowest BCUT2D eigenvalue weighted by Gasteiger charge is -2.18. The van der Waals surface area contributed by atoms with E-state index in [0.29, 0.717) is 12.8 Å². The van der Waals surface area contributed by atoms with Crippen LogP contribution in [0.4, 0.5) is 0 Å². The molecule has 364 valence electrons. The number of allylic oxidation sites excluding steroid dienone is 16. The van der Waals surface area contributed by atoms with Crippen LogP contribution in [0.5, 0.6) is 0 Å². The van der Waals surface area contributed by atoms with Gasteiger partial charge in [0.2, 0.25) is 0 Å². The molecule has 0 radical (unpaired) electrons. The second-order valence-corrected chi connectivity index (χ2v) is 17.1. The molecule has 0 saturated heterocycles. The van der Waals surface area contributed by atoms with Gasteiger partial charge < -0.3 is 14.2 Å². The summed E-state index contributed by atoms with van der Waals surface area (Å²) >= 11 is 0. The predicted octanol–water partition coefficient (Wildman–Crippen LogP) is 17.4. The zero-order valence-corrected chi connectivity index (χ0v) is 41.5. The monoisotopic (exact) mass is 889 g/mol. The third-order valence-corrected chi connectivity index (χ3v) is 10.9. The molecule has 0 bridgehead atoms. The van der Waals surface area contributed by atoms with E-state index in [-0.39, 0.29) is 37.5 Å². The fraction of sp³-hybridized carbons (Fsp3) is 0.672. The van der Waals surface area contributed by atoms with Gasteiger partial charge in [0.05, 0.1) is 0 Å². The van der Waals surface area contributed by atoms with E-state index in [1.807, 2.05) is 0 Å². The topological polar surface area (TPSA) is 78.9 Å². The molecule has 1 atom stereocenters. The second-order valence-electron chi connectivity index (χ2n) is 17.1. The van der Waals surface area contributed by atoms with Crippen LogP contribution in [0.2, 0.25) is 0 Å². The van der Waals surface area contributed by atoms with Gasteiger partial charge in [0.25, 0.3) is 0 Å². The number of carbonyl (C=O) groups excluding carboxylic acids is 3. The number of unbranched alkanes of at least 4 members (excludes halogenated alkanes) is 21. The summed E-state index contributed by atoms with van der Waals surface area (Å²) in [7, 11) is 0. The molecule has 6 heteroatoms. The van der Waals surface area contributed by atoms with Gasteiger partial charge in [-0.25, -0.2) is 0 Å². The molecular formula is C58H96O6. The van der Waals surface area contributed by atoms with Crippen LogP contribution < -0.4 is 0 Å². The van der Waals surface area contributed by atoms with Gasteiger partial charge in [-0.15, -0.1) is 0 Å². The van der Waals surface area contributed by atoms with Gasteiger partial charge in [0.1, 0.15) is 13.2 Å². The van der Waals surface area contributed by atoms with Crippen molar-refractivity contribution in [1.29, 1.82) is 0 Å². The SMILES string of the molecule is CC/C=C/C=C/C=C/CCCCCCCC(=O)OCC(COC(=O)CCCCCCCCC/C=C/CCCCCCCC)OC(=O)CCCCC/C=C/C/C=C/C/C=C/C/C=C/CC. The molecule has 0 aliphatic carbocycles. The third kappa shape index (κ3) is 49.3. The first-order chi connectivity index (χ1) is 31.5. The van der Waals surface area contributed by atoms with E-state index in [9.17, 15) is 14.4 Å². The van der Waals surface area contributed by atoms with Crippen LogP contribution in [0.1, 0.15) is 233 Å². The maximum atomic E-state index is 12.8. The lowest BCUT2D eigenvalue weighted by atomic mass is 10.1. The van der Waals surface area contributed by atoms with E-state index in [4.69, 9.17) is 14.2 Å². The van der Waals surface area contributed by atoms with Crippen molar-refractivity contribution < 1.29 is 28.6 Å². The van der Waals surface area contributed by atoms with Crippen molar-refractivity contribution in [1.82, 2.24) is 0 Å². The Morgan fingerprint density at radius 1 is 0.344 bits per heavy atom. The zero-order valence-electron chi connectivity index (χ0n) is 41.5. The molecule has 0 rings (SSSR count). The highest BCUT2D eigenvalue weighted by Crippen LogP contribution is 2.14. The summed E-state index contributed by atoms with van der Waals surface area (Å²) < 4.78 is 16.8. The summed E-state index contributed by atoms with van der Waals surface area (Å²) in [6.45, 7) is 6.33. The third-order valence-electron chi connectivity index (χ3n) is 10.9.